The number of pyridine rings is 1. The first-order valence-corrected chi connectivity index (χ1v) is 9.01. The van der Waals surface area contributed by atoms with Crippen LogP contribution in [0.15, 0.2) is 41.1 Å². The fraction of sp³-hybridized carbons (Fsp3) is 0.421. The second kappa shape index (κ2) is 8.51. The molecule has 1 saturated heterocycles. The van der Waals surface area contributed by atoms with E-state index in [2.05, 4.69) is 22.1 Å². The van der Waals surface area contributed by atoms with Gasteiger partial charge in [0.2, 0.25) is 0 Å². The smallest absolute Gasteiger partial charge is 0.289 e. The van der Waals surface area contributed by atoms with Gasteiger partial charge in [-0.2, -0.15) is 0 Å². The Kier molecular flexibility index (Phi) is 5.88. The van der Waals surface area contributed by atoms with Crippen LogP contribution in [-0.4, -0.2) is 54.4 Å². The molecule has 2 amide bonds. The lowest BCUT2D eigenvalue weighted by molar-refractivity contribution is 0.0714. The summed E-state index contributed by atoms with van der Waals surface area (Å²) in [5.74, 6) is 0.140. The van der Waals surface area contributed by atoms with Gasteiger partial charge >= 0.3 is 0 Å². The van der Waals surface area contributed by atoms with Crippen LogP contribution >= 0.6 is 0 Å². The number of carbonyl (C=O) groups excluding carboxylic acids is 2. The summed E-state index contributed by atoms with van der Waals surface area (Å²) in [5.41, 5.74) is 1.37. The van der Waals surface area contributed by atoms with Crippen LogP contribution < -0.4 is 10.2 Å². The van der Waals surface area contributed by atoms with Gasteiger partial charge in [0.15, 0.2) is 5.76 Å². The standard InChI is InChI=1S/C19H24N4O3/c1-2-3-7-21-18(24)16-14-15(6-8-20-16)22-9-11-23(12-10-22)19(25)17-5-4-13-26-17/h4-6,8,13-14H,2-3,7,9-12H2,1H3,(H,21,24). The Morgan fingerprint density at radius 3 is 2.73 bits per heavy atom. The lowest BCUT2D eigenvalue weighted by atomic mass is 10.2. The van der Waals surface area contributed by atoms with Crippen molar-refractivity contribution in [3.8, 4) is 0 Å². The second-order valence-corrected chi connectivity index (χ2v) is 6.27. The van der Waals surface area contributed by atoms with E-state index in [1.807, 2.05) is 12.1 Å². The van der Waals surface area contributed by atoms with Crippen molar-refractivity contribution in [2.75, 3.05) is 37.6 Å². The van der Waals surface area contributed by atoms with Crippen molar-refractivity contribution in [2.45, 2.75) is 19.8 Å². The summed E-state index contributed by atoms with van der Waals surface area (Å²) in [4.78, 5) is 32.6. The summed E-state index contributed by atoms with van der Waals surface area (Å²) in [7, 11) is 0. The maximum atomic E-state index is 12.3. The number of rotatable bonds is 6. The highest BCUT2D eigenvalue weighted by atomic mass is 16.3. The first-order chi connectivity index (χ1) is 12.7. The molecular weight excluding hydrogens is 332 g/mol. The van der Waals surface area contributed by atoms with Gasteiger partial charge in [0.05, 0.1) is 6.26 Å². The summed E-state index contributed by atoms with van der Waals surface area (Å²) in [6, 6.07) is 7.10. The zero-order valence-corrected chi connectivity index (χ0v) is 15.0. The Morgan fingerprint density at radius 1 is 1.23 bits per heavy atom. The minimum Gasteiger partial charge on any atom is -0.459 e. The first-order valence-electron chi connectivity index (χ1n) is 9.01. The van der Waals surface area contributed by atoms with Crippen molar-refractivity contribution in [1.29, 1.82) is 0 Å². The number of piperazine rings is 1. The van der Waals surface area contributed by atoms with Gasteiger partial charge in [-0.15, -0.1) is 0 Å². The number of nitrogens with one attached hydrogen (secondary N) is 1. The monoisotopic (exact) mass is 356 g/mol. The lowest BCUT2D eigenvalue weighted by Crippen LogP contribution is -2.48. The van der Waals surface area contributed by atoms with Gasteiger partial charge in [-0.1, -0.05) is 13.3 Å². The highest BCUT2D eigenvalue weighted by Crippen LogP contribution is 2.18. The number of hydrogen-bond acceptors (Lipinski definition) is 5. The second-order valence-electron chi connectivity index (χ2n) is 6.27. The van der Waals surface area contributed by atoms with Gasteiger partial charge in [-0.05, 0) is 30.7 Å². The van der Waals surface area contributed by atoms with Crippen molar-refractivity contribution in [3.05, 3.63) is 48.2 Å². The Bertz CT molecular complexity index is 737. The Morgan fingerprint density at radius 2 is 2.04 bits per heavy atom. The molecule has 2 aromatic rings. The van der Waals surface area contributed by atoms with Crippen LogP contribution in [0, 0.1) is 0 Å². The number of amides is 2. The predicted molar refractivity (Wildman–Crippen MR) is 98.3 cm³/mol. The predicted octanol–water partition coefficient (Wildman–Crippen LogP) is 2.17. The van der Waals surface area contributed by atoms with E-state index in [9.17, 15) is 9.59 Å². The topological polar surface area (TPSA) is 78.7 Å². The van der Waals surface area contributed by atoms with E-state index in [1.54, 1.807) is 23.2 Å². The summed E-state index contributed by atoms with van der Waals surface area (Å²) >= 11 is 0. The third-order valence-corrected chi connectivity index (χ3v) is 4.46. The average molecular weight is 356 g/mol. The van der Waals surface area contributed by atoms with E-state index in [0.717, 1.165) is 18.5 Å². The summed E-state index contributed by atoms with van der Waals surface area (Å²) in [6.45, 7) is 5.37. The van der Waals surface area contributed by atoms with Crippen molar-refractivity contribution < 1.29 is 14.0 Å². The molecule has 0 unspecified atom stereocenters. The quantitative estimate of drug-likeness (QED) is 0.803. The molecule has 0 saturated carbocycles. The average Bonchev–Trinajstić information content (AvgIpc) is 3.22. The van der Waals surface area contributed by atoms with Gasteiger partial charge in [0.25, 0.3) is 11.8 Å². The highest BCUT2D eigenvalue weighted by Gasteiger charge is 2.24. The molecule has 7 nitrogen and oxygen atoms in total. The fourth-order valence-corrected chi connectivity index (χ4v) is 2.93. The van der Waals surface area contributed by atoms with E-state index < -0.39 is 0 Å². The van der Waals surface area contributed by atoms with Gasteiger partial charge < -0.3 is 19.5 Å². The van der Waals surface area contributed by atoms with Crippen LogP contribution in [0.2, 0.25) is 0 Å². The van der Waals surface area contributed by atoms with Gasteiger partial charge in [-0.3, -0.25) is 14.6 Å². The van der Waals surface area contributed by atoms with E-state index in [-0.39, 0.29) is 11.8 Å². The number of hydrogen-bond donors (Lipinski definition) is 1. The summed E-state index contributed by atoms with van der Waals surface area (Å²) < 4.78 is 5.18. The number of carbonyl (C=O) groups is 2. The Hall–Kier alpha value is -2.83. The lowest BCUT2D eigenvalue weighted by Gasteiger charge is -2.35. The minimum atomic E-state index is -0.146. The SMILES string of the molecule is CCCCNC(=O)c1cc(N2CCN(C(=O)c3ccco3)CC2)ccn1. The zero-order valence-electron chi connectivity index (χ0n) is 15.0. The maximum Gasteiger partial charge on any atom is 0.289 e. The van der Waals surface area contributed by atoms with Crippen molar-refractivity contribution in [2.24, 2.45) is 0 Å². The molecule has 1 aliphatic heterocycles. The summed E-state index contributed by atoms with van der Waals surface area (Å²) in [6.07, 6.45) is 5.16. The van der Waals surface area contributed by atoms with E-state index >= 15 is 0 Å². The number of furan rings is 1. The number of anilines is 1. The van der Waals surface area contributed by atoms with E-state index in [0.29, 0.717) is 44.2 Å². The van der Waals surface area contributed by atoms with Crippen LogP contribution in [0.3, 0.4) is 0 Å². The van der Waals surface area contributed by atoms with Crippen molar-refractivity contribution in [3.63, 3.8) is 0 Å². The van der Waals surface area contributed by atoms with Crippen LogP contribution in [0.1, 0.15) is 40.8 Å². The number of nitrogens with zero attached hydrogens (tertiary/aromatic N) is 3. The number of unbranched alkanes of at least 4 members (excludes halogenated alkanes) is 1. The molecule has 0 bridgehead atoms. The molecule has 1 N–H and O–H groups in total. The van der Waals surface area contributed by atoms with Crippen LogP contribution in [-0.2, 0) is 0 Å². The molecule has 3 rings (SSSR count). The van der Waals surface area contributed by atoms with Crippen molar-refractivity contribution in [1.82, 2.24) is 15.2 Å². The molecular formula is C19H24N4O3. The van der Waals surface area contributed by atoms with E-state index in [4.69, 9.17) is 4.42 Å². The summed E-state index contributed by atoms with van der Waals surface area (Å²) in [5, 5.41) is 2.88. The molecule has 0 aliphatic carbocycles. The fourth-order valence-electron chi connectivity index (χ4n) is 2.93. The normalized spacial score (nSPS) is 14.3. The molecule has 1 aliphatic rings. The molecule has 3 heterocycles. The molecule has 2 aromatic heterocycles. The number of aromatic nitrogens is 1. The zero-order chi connectivity index (χ0) is 18.4. The highest BCUT2D eigenvalue weighted by molar-refractivity contribution is 5.93. The van der Waals surface area contributed by atoms with Crippen LogP contribution in [0.5, 0.6) is 0 Å². The van der Waals surface area contributed by atoms with Gasteiger partial charge in [0, 0.05) is 44.6 Å². The molecule has 26 heavy (non-hydrogen) atoms. The van der Waals surface area contributed by atoms with E-state index in [1.165, 1.54) is 6.26 Å². The molecule has 7 heteroatoms. The maximum absolute atomic E-state index is 12.3. The molecule has 138 valence electrons. The molecule has 0 aromatic carbocycles. The molecule has 0 atom stereocenters. The molecule has 0 radical (unpaired) electrons. The van der Waals surface area contributed by atoms with Gasteiger partial charge in [0.1, 0.15) is 5.69 Å². The van der Waals surface area contributed by atoms with Crippen molar-refractivity contribution >= 4 is 17.5 Å². The van der Waals surface area contributed by atoms with Crippen LogP contribution in [0.25, 0.3) is 0 Å². The Balaban J connectivity index is 1.58. The third-order valence-electron chi connectivity index (χ3n) is 4.46. The minimum absolute atomic E-state index is 0.0830. The molecule has 0 spiro atoms. The first kappa shape index (κ1) is 18.0. The third kappa shape index (κ3) is 4.22. The van der Waals surface area contributed by atoms with Gasteiger partial charge in [-0.25, -0.2) is 0 Å². The molecule has 1 fully saturated rings. The largest absolute Gasteiger partial charge is 0.459 e. The Labute approximate surface area is 153 Å². The van der Waals surface area contributed by atoms with Crippen LogP contribution in [0.4, 0.5) is 5.69 Å².